The molecule has 0 spiro atoms. The van der Waals surface area contributed by atoms with E-state index in [0.717, 1.165) is 23.7 Å². The van der Waals surface area contributed by atoms with Crippen molar-refractivity contribution in [3.05, 3.63) is 33.8 Å². The second-order valence-corrected chi connectivity index (χ2v) is 8.64. The summed E-state index contributed by atoms with van der Waals surface area (Å²) in [5.74, 6) is -0.549. The van der Waals surface area contributed by atoms with Gasteiger partial charge in [-0.25, -0.2) is 0 Å². The summed E-state index contributed by atoms with van der Waals surface area (Å²) >= 11 is 3.32. The van der Waals surface area contributed by atoms with Gasteiger partial charge in [0.15, 0.2) is 0 Å². The fourth-order valence-electron chi connectivity index (χ4n) is 3.72. The van der Waals surface area contributed by atoms with Crippen molar-refractivity contribution >= 4 is 33.7 Å². The normalized spacial score (nSPS) is 21.6. The van der Waals surface area contributed by atoms with Gasteiger partial charge in [-0.2, -0.15) is 0 Å². The van der Waals surface area contributed by atoms with Crippen LogP contribution in [0, 0.1) is 5.41 Å². The van der Waals surface area contributed by atoms with E-state index in [4.69, 9.17) is 0 Å². The van der Waals surface area contributed by atoms with Crippen LogP contribution in [0.3, 0.4) is 0 Å². The van der Waals surface area contributed by atoms with Gasteiger partial charge in [0.05, 0.1) is 11.1 Å². The van der Waals surface area contributed by atoms with Crippen molar-refractivity contribution in [1.29, 1.82) is 0 Å². The van der Waals surface area contributed by atoms with Crippen LogP contribution in [0.5, 0.6) is 0 Å². The predicted octanol–water partition coefficient (Wildman–Crippen LogP) is 3.52. The molecule has 3 amide bonds. The first-order chi connectivity index (χ1) is 11.8. The highest BCUT2D eigenvalue weighted by Gasteiger charge is 2.35. The predicted molar refractivity (Wildman–Crippen MR) is 98.3 cm³/mol. The standard InChI is InChI=1S/C19H23BrN2O3/c1-19(2)8-7-13(11-19)21-16(23)4-3-9-22-17(24)14-6-5-12(20)10-15(14)18(22)25/h5-6,10,13H,3-4,7-9,11H2,1-2H3,(H,21,23). The van der Waals surface area contributed by atoms with E-state index in [0.29, 0.717) is 29.4 Å². The third-order valence-corrected chi connectivity index (χ3v) is 5.55. The summed E-state index contributed by atoms with van der Waals surface area (Å²) < 4.78 is 0.771. The third kappa shape index (κ3) is 3.94. The lowest BCUT2D eigenvalue weighted by Gasteiger charge is -2.18. The van der Waals surface area contributed by atoms with Gasteiger partial charge < -0.3 is 5.32 Å². The monoisotopic (exact) mass is 406 g/mol. The molecule has 0 saturated heterocycles. The van der Waals surface area contributed by atoms with E-state index >= 15 is 0 Å². The van der Waals surface area contributed by atoms with Gasteiger partial charge in [0.1, 0.15) is 0 Å². The molecule has 1 saturated carbocycles. The molecule has 3 rings (SSSR count). The Morgan fingerprint density at radius 1 is 1.28 bits per heavy atom. The van der Waals surface area contributed by atoms with Crippen LogP contribution in [-0.2, 0) is 4.79 Å². The van der Waals surface area contributed by atoms with E-state index in [1.54, 1.807) is 18.2 Å². The summed E-state index contributed by atoms with van der Waals surface area (Å²) in [7, 11) is 0. The number of halogens is 1. The minimum atomic E-state index is -0.278. The summed E-state index contributed by atoms with van der Waals surface area (Å²) in [6.07, 6.45) is 3.96. The van der Waals surface area contributed by atoms with Gasteiger partial charge in [-0.15, -0.1) is 0 Å². The number of carbonyl (C=O) groups excluding carboxylic acids is 3. The number of fused-ring (bicyclic) bond motifs is 1. The van der Waals surface area contributed by atoms with E-state index in [-0.39, 0.29) is 30.3 Å². The van der Waals surface area contributed by atoms with Crippen LogP contribution in [0.4, 0.5) is 0 Å². The van der Waals surface area contributed by atoms with Gasteiger partial charge in [0.2, 0.25) is 5.91 Å². The third-order valence-electron chi connectivity index (χ3n) is 5.05. The fraction of sp³-hybridized carbons (Fsp3) is 0.526. The Morgan fingerprint density at radius 3 is 2.68 bits per heavy atom. The molecule has 5 nitrogen and oxygen atoms in total. The van der Waals surface area contributed by atoms with Crippen molar-refractivity contribution < 1.29 is 14.4 Å². The Labute approximate surface area is 156 Å². The highest BCUT2D eigenvalue weighted by atomic mass is 79.9. The molecule has 1 N–H and O–H groups in total. The van der Waals surface area contributed by atoms with E-state index < -0.39 is 0 Å². The zero-order valence-electron chi connectivity index (χ0n) is 14.6. The summed E-state index contributed by atoms with van der Waals surface area (Å²) in [4.78, 5) is 38.0. The van der Waals surface area contributed by atoms with Crippen molar-refractivity contribution in [3.63, 3.8) is 0 Å². The maximum Gasteiger partial charge on any atom is 0.261 e. The van der Waals surface area contributed by atoms with Gasteiger partial charge in [0.25, 0.3) is 11.8 Å². The van der Waals surface area contributed by atoms with Crippen molar-refractivity contribution in [2.75, 3.05) is 6.54 Å². The van der Waals surface area contributed by atoms with E-state index in [2.05, 4.69) is 35.1 Å². The number of nitrogens with one attached hydrogen (secondary N) is 1. The first kappa shape index (κ1) is 18.1. The maximum atomic E-state index is 12.4. The molecule has 0 aromatic heterocycles. The zero-order chi connectivity index (χ0) is 18.2. The minimum absolute atomic E-state index is 0.00190. The van der Waals surface area contributed by atoms with Crippen LogP contribution in [0.15, 0.2) is 22.7 Å². The molecule has 25 heavy (non-hydrogen) atoms. The van der Waals surface area contributed by atoms with Gasteiger partial charge in [-0.3, -0.25) is 19.3 Å². The minimum Gasteiger partial charge on any atom is -0.353 e. The molecule has 1 aromatic carbocycles. The molecule has 1 heterocycles. The lowest BCUT2D eigenvalue weighted by Crippen LogP contribution is -2.35. The Kier molecular flexibility index (Phi) is 5.00. The van der Waals surface area contributed by atoms with Crippen molar-refractivity contribution in [2.24, 2.45) is 5.41 Å². The van der Waals surface area contributed by atoms with Crippen LogP contribution >= 0.6 is 15.9 Å². The Bertz CT molecular complexity index is 729. The van der Waals surface area contributed by atoms with Crippen LogP contribution in [0.2, 0.25) is 0 Å². The van der Waals surface area contributed by atoms with Crippen LogP contribution in [0.1, 0.15) is 66.7 Å². The second-order valence-electron chi connectivity index (χ2n) is 7.73. The summed E-state index contributed by atoms with van der Waals surface area (Å²) in [6.45, 7) is 4.72. The molecule has 1 fully saturated rings. The molecule has 0 radical (unpaired) electrons. The van der Waals surface area contributed by atoms with Crippen LogP contribution in [0.25, 0.3) is 0 Å². The molecular weight excluding hydrogens is 384 g/mol. The topological polar surface area (TPSA) is 66.5 Å². The van der Waals surface area contributed by atoms with E-state index in [9.17, 15) is 14.4 Å². The number of carbonyl (C=O) groups is 3. The molecule has 6 heteroatoms. The van der Waals surface area contributed by atoms with Gasteiger partial charge in [-0.1, -0.05) is 29.8 Å². The Hall–Kier alpha value is -1.69. The summed E-state index contributed by atoms with van der Waals surface area (Å²) in [5, 5.41) is 3.07. The number of nitrogens with zero attached hydrogens (tertiary/aromatic N) is 1. The Morgan fingerprint density at radius 2 is 2.00 bits per heavy atom. The molecule has 0 bridgehead atoms. The number of imide groups is 1. The van der Waals surface area contributed by atoms with Gasteiger partial charge in [0, 0.05) is 23.5 Å². The number of amides is 3. The molecule has 1 aromatic rings. The number of rotatable bonds is 5. The average molecular weight is 407 g/mol. The van der Waals surface area contributed by atoms with Crippen LogP contribution < -0.4 is 5.32 Å². The highest BCUT2D eigenvalue weighted by molar-refractivity contribution is 9.10. The second kappa shape index (κ2) is 6.90. The quantitative estimate of drug-likeness (QED) is 0.760. The molecule has 1 aliphatic heterocycles. The highest BCUT2D eigenvalue weighted by Crippen LogP contribution is 2.36. The van der Waals surface area contributed by atoms with E-state index in [1.807, 2.05) is 0 Å². The number of hydrogen-bond acceptors (Lipinski definition) is 3. The number of hydrogen-bond donors (Lipinski definition) is 1. The average Bonchev–Trinajstić information content (AvgIpc) is 2.99. The van der Waals surface area contributed by atoms with Crippen molar-refractivity contribution in [2.45, 2.75) is 52.0 Å². The largest absolute Gasteiger partial charge is 0.353 e. The first-order valence-electron chi connectivity index (χ1n) is 8.72. The smallest absolute Gasteiger partial charge is 0.261 e. The molecule has 1 unspecified atom stereocenters. The van der Waals surface area contributed by atoms with Gasteiger partial charge >= 0.3 is 0 Å². The molecule has 1 atom stereocenters. The van der Waals surface area contributed by atoms with Crippen molar-refractivity contribution in [3.8, 4) is 0 Å². The molecular formula is C19H23BrN2O3. The summed E-state index contributed by atoms with van der Waals surface area (Å²) in [5.41, 5.74) is 1.16. The number of benzene rings is 1. The van der Waals surface area contributed by atoms with Crippen LogP contribution in [-0.4, -0.2) is 35.2 Å². The maximum absolute atomic E-state index is 12.4. The Balaban J connectivity index is 1.49. The van der Waals surface area contributed by atoms with E-state index in [1.165, 1.54) is 4.90 Å². The molecule has 2 aliphatic rings. The fourth-order valence-corrected chi connectivity index (χ4v) is 4.08. The van der Waals surface area contributed by atoms with Crippen molar-refractivity contribution in [1.82, 2.24) is 10.2 Å². The lowest BCUT2D eigenvalue weighted by atomic mass is 9.92. The van der Waals surface area contributed by atoms with Gasteiger partial charge in [-0.05, 0) is 49.3 Å². The summed E-state index contributed by atoms with van der Waals surface area (Å²) in [6, 6.07) is 5.33. The molecule has 1 aliphatic carbocycles. The SMILES string of the molecule is CC1(C)CCC(NC(=O)CCCN2C(=O)c3ccc(Br)cc3C2=O)C1. The lowest BCUT2D eigenvalue weighted by molar-refractivity contribution is -0.121. The zero-order valence-corrected chi connectivity index (χ0v) is 16.2. The first-order valence-corrected chi connectivity index (χ1v) is 9.51. The molecule has 134 valence electrons.